The van der Waals surface area contributed by atoms with E-state index in [9.17, 15) is 23.7 Å². The smallest absolute Gasteiger partial charge is 0.275 e. The number of nitro benzene ring substituents is 1. The number of nitrogens with one attached hydrogen (secondary N) is 2. The van der Waals surface area contributed by atoms with Crippen molar-refractivity contribution in [2.75, 3.05) is 18.4 Å². The van der Waals surface area contributed by atoms with Gasteiger partial charge in [-0.2, -0.15) is 0 Å². The molecule has 1 aliphatic carbocycles. The molecule has 2 rings (SSSR count). The number of hydrogen-bond acceptors (Lipinski definition) is 4. The number of benzene rings is 1. The number of non-ortho nitro benzene ring substituents is 1. The molecule has 20 heavy (non-hydrogen) atoms. The molecule has 0 atom stereocenters. The Hall–Kier alpha value is -2.25. The minimum absolute atomic E-state index is 0.293. The van der Waals surface area contributed by atoms with Crippen LogP contribution in [0.25, 0.3) is 0 Å². The van der Waals surface area contributed by atoms with E-state index in [1.807, 2.05) is 0 Å². The lowest BCUT2D eigenvalue weighted by atomic mass is 10.2. The fourth-order valence-electron chi connectivity index (χ4n) is 1.65. The summed E-state index contributed by atoms with van der Waals surface area (Å²) in [5.74, 6) is -2.08. The van der Waals surface area contributed by atoms with Gasteiger partial charge in [0.15, 0.2) is 11.6 Å². The summed E-state index contributed by atoms with van der Waals surface area (Å²) in [6.45, 7) is 0.268. The molecule has 0 aliphatic heterocycles. The molecule has 108 valence electrons. The fourth-order valence-corrected chi connectivity index (χ4v) is 1.65. The summed E-state index contributed by atoms with van der Waals surface area (Å²) in [5.41, 5.74) is -1.22. The molecular formula is C12H13F2N3O3. The first-order valence-electron chi connectivity index (χ1n) is 6.11. The van der Waals surface area contributed by atoms with E-state index in [1.54, 1.807) is 0 Å². The summed E-state index contributed by atoms with van der Waals surface area (Å²) in [6, 6.07) is 1.21. The van der Waals surface area contributed by atoms with Gasteiger partial charge >= 0.3 is 0 Å². The van der Waals surface area contributed by atoms with E-state index in [-0.39, 0.29) is 12.5 Å². The van der Waals surface area contributed by atoms with Gasteiger partial charge in [-0.15, -0.1) is 0 Å². The van der Waals surface area contributed by atoms with Crippen LogP contribution in [0.1, 0.15) is 12.8 Å². The molecule has 2 N–H and O–H groups in total. The van der Waals surface area contributed by atoms with E-state index in [1.165, 1.54) is 0 Å². The van der Waals surface area contributed by atoms with Crippen molar-refractivity contribution in [3.8, 4) is 0 Å². The lowest BCUT2D eigenvalue weighted by Gasteiger charge is -2.09. The monoisotopic (exact) mass is 285 g/mol. The van der Waals surface area contributed by atoms with Crippen LogP contribution < -0.4 is 10.6 Å². The Morgan fingerprint density at radius 1 is 1.35 bits per heavy atom. The Kier molecular flexibility index (Phi) is 4.11. The number of carbonyl (C=O) groups is 1. The van der Waals surface area contributed by atoms with Crippen LogP contribution in [0.3, 0.4) is 0 Å². The summed E-state index contributed by atoms with van der Waals surface area (Å²) in [4.78, 5) is 21.0. The van der Waals surface area contributed by atoms with Gasteiger partial charge in [0.2, 0.25) is 5.91 Å². The fraction of sp³-hybridized carbons (Fsp3) is 0.417. The molecule has 8 heteroatoms. The molecule has 1 aromatic rings. The maximum Gasteiger partial charge on any atom is 0.275 e. The van der Waals surface area contributed by atoms with Crippen LogP contribution in [0, 0.1) is 27.7 Å². The molecule has 0 saturated heterocycles. The molecule has 1 fully saturated rings. The molecule has 1 aliphatic rings. The Labute approximate surface area is 113 Å². The quantitative estimate of drug-likeness (QED) is 0.616. The standard InChI is InChI=1S/C12H13F2N3O3/c13-9-3-8(17(19)20)4-10(14)12(9)16-6-11(18)15-5-7-1-2-7/h3-4,7,16H,1-2,5-6H2,(H,15,18). The van der Waals surface area contributed by atoms with Crippen LogP contribution >= 0.6 is 0 Å². The number of anilines is 1. The van der Waals surface area contributed by atoms with Crippen molar-refractivity contribution >= 4 is 17.3 Å². The topological polar surface area (TPSA) is 84.3 Å². The van der Waals surface area contributed by atoms with Crippen molar-refractivity contribution in [1.29, 1.82) is 0 Å². The van der Waals surface area contributed by atoms with E-state index in [0.717, 1.165) is 12.8 Å². The number of hydrogen-bond donors (Lipinski definition) is 2. The van der Waals surface area contributed by atoms with Gasteiger partial charge in [-0.1, -0.05) is 0 Å². The van der Waals surface area contributed by atoms with Crippen LogP contribution in [0.4, 0.5) is 20.2 Å². The van der Waals surface area contributed by atoms with E-state index in [2.05, 4.69) is 10.6 Å². The molecule has 6 nitrogen and oxygen atoms in total. The van der Waals surface area contributed by atoms with Crippen molar-refractivity contribution in [2.24, 2.45) is 5.92 Å². The molecular weight excluding hydrogens is 272 g/mol. The van der Waals surface area contributed by atoms with E-state index >= 15 is 0 Å². The third-order valence-electron chi connectivity index (χ3n) is 2.95. The third-order valence-corrected chi connectivity index (χ3v) is 2.95. The molecule has 0 unspecified atom stereocenters. The number of nitrogens with zero attached hydrogens (tertiary/aromatic N) is 1. The zero-order valence-electron chi connectivity index (χ0n) is 10.5. The highest BCUT2D eigenvalue weighted by atomic mass is 19.1. The van der Waals surface area contributed by atoms with Crippen molar-refractivity contribution in [3.05, 3.63) is 33.9 Å². The maximum absolute atomic E-state index is 13.5. The third kappa shape index (κ3) is 3.62. The minimum atomic E-state index is -1.10. The molecule has 1 saturated carbocycles. The van der Waals surface area contributed by atoms with Gasteiger partial charge in [-0.25, -0.2) is 8.78 Å². The first-order chi connectivity index (χ1) is 9.47. The number of halogens is 2. The Morgan fingerprint density at radius 2 is 1.95 bits per heavy atom. The first-order valence-corrected chi connectivity index (χ1v) is 6.11. The van der Waals surface area contributed by atoms with Gasteiger partial charge < -0.3 is 10.6 Å². The molecule has 1 amide bonds. The molecule has 0 spiro atoms. The van der Waals surface area contributed by atoms with E-state index in [4.69, 9.17) is 0 Å². The summed E-state index contributed by atoms with van der Waals surface area (Å²) in [6.07, 6.45) is 2.17. The highest BCUT2D eigenvalue weighted by Gasteiger charge is 2.22. The van der Waals surface area contributed by atoms with Gasteiger partial charge in [-0.05, 0) is 18.8 Å². The van der Waals surface area contributed by atoms with Crippen LogP contribution in [0.2, 0.25) is 0 Å². The predicted octanol–water partition coefficient (Wildman–Crippen LogP) is 1.81. The highest BCUT2D eigenvalue weighted by molar-refractivity contribution is 5.80. The molecule has 0 bridgehead atoms. The Bertz CT molecular complexity index is 524. The number of nitro groups is 1. The van der Waals surface area contributed by atoms with Gasteiger partial charge in [0.05, 0.1) is 23.6 Å². The lowest BCUT2D eigenvalue weighted by molar-refractivity contribution is -0.385. The van der Waals surface area contributed by atoms with Crippen molar-refractivity contribution in [2.45, 2.75) is 12.8 Å². The number of rotatable bonds is 6. The Morgan fingerprint density at radius 3 is 2.45 bits per heavy atom. The second-order valence-corrected chi connectivity index (χ2v) is 4.64. The molecule has 0 radical (unpaired) electrons. The first kappa shape index (κ1) is 14.2. The maximum atomic E-state index is 13.5. The number of carbonyl (C=O) groups excluding carboxylic acids is 1. The van der Waals surface area contributed by atoms with Gasteiger partial charge in [0, 0.05) is 6.54 Å². The van der Waals surface area contributed by atoms with Crippen LogP contribution in [0.15, 0.2) is 12.1 Å². The van der Waals surface area contributed by atoms with Crippen molar-refractivity contribution in [1.82, 2.24) is 5.32 Å². The highest BCUT2D eigenvalue weighted by Crippen LogP contribution is 2.27. The van der Waals surface area contributed by atoms with E-state index < -0.39 is 27.9 Å². The summed E-state index contributed by atoms with van der Waals surface area (Å²) in [7, 11) is 0. The zero-order chi connectivity index (χ0) is 14.7. The predicted molar refractivity (Wildman–Crippen MR) is 67.2 cm³/mol. The van der Waals surface area contributed by atoms with Crippen LogP contribution in [-0.4, -0.2) is 23.9 Å². The van der Waals surface area contributed by atoms with E-state index in [0.29, 0.717) is 24.6 Å². The lowest BCUT2D eigenvalue weighted by Crippen LogP contribution is -2.31. The minimum Gasteiger partial charge on any atom is -0.371 e. The molecule has 0 heterocycles. The SMILES string of the molecule is O=C(CNc1c(F)cc([N+](=O)[O-])cc1F)NCC1CC1. The molecule has 1 aromatic carbocycles. The van der Waals surface area contributed by atoms with Crippen LogP contribution in [-0.2, 0) is 4.79 Å². The van der Waals surface area contributed by atoms with Gasteiger partial charge in [0.25, 0.3) is 5.69 Å². The van der Waals surface area contributed by atoms with Crippen molar-refractivity contribution in [3.63, 3.8) is 0 Å². The van der Waals surface area contributed by atoms with Crippen molar-refractivity contribution < 1.29 is 18.5 Å². The summed E-state index contributed by atoms with van der Waals surface area (Å²) in [5, 5.41) is 15.4. The van der Waals surface area contributed by atoms with Crippen LogP contribution in [0.5, 0.6) is 0 Å². The molecule has 0 aromatic heterocycles. The second-order valence-electron chi connectivity index (χ2n) is 4.64. The Balaban J connectivity index is 1.94. The number of amides is 1. The summed E-state index contributed by atoms with van der Waals surface area (Å²) < 4.78 is 27.0. The second kappa shape index (κ2) is 5.81. The largest absolute Gasteiger partial charge is 0.371 e. The zero-order valence-corrected chi connectivity index (χ0v) is 10.5. The summed E-state index contributed by atoms with van der Waals surface area (Å²) >= 11 is 0. The average Bonchev–Trinajstić information content (AvgIpc) is 3.19. The average molecular weight is 285 g/mol. The van der Waals surface area contributed by atoms with Gasteiger partial charge in [0.1, 0.15) is 5.69 Å². The van der Waals surface area contributed by atoms with Gasteiger partial charge in [-0.3, -0.25) is 14.9 Å². The normalized spacial score (nSPS) is 13.9.